The summed E-state index contributed by atoms with van der Waals surface area (Å²) < 4.78 is 0. The van der Waals surface area contributed by atoms with Crippen molar-refractivity contribution in [1.82, 2.24) is 4.98 Å². The van der Waals surface area contributed by atoms with E-state index in [4.69, 9.17) is 0 Å². The molecule has 0 aliphatic heterocycles. The zero-order valence-electron chi connectivity index (χ0n) is 6.79. The van der Waals surface area contributed by atoms with Gasteiger partial charge >= 0.3 is 0 Å². The largest absolute Gasteiger partial charge is 0.300 e. The van der Waals surface area contributed by atoms with E-state index in [1.54, 1.807) is 13.1 Å². The van der Waals surface area contributed by atoms with Crippen LogP contribution in [0.15, 0.2) is 18.3 Å². The van der Waals surface area contributed by atoms with Crippen LogP contribution in [0.2, 0.25) is 0 Å². The lowest BCUT2D eigenvalue weighted by Crippen LogP contribution is -2.00. The average Bonchev–Trinajstić information content (AvgIpc) is 1.93. The van der Waals surface area contributed by atoms with Crippen molar-refractivity contribution in [3.63, 3.8) is 0 Å². The topological polar surface area (TPSA) is 30.0 Å². The Kier molecular flexibility index (Phi) is 2.36. The molecule has 0 amide bonds. The fourth-order valence-corrected chi connectivity index (χ4v) is 0.939. The SMILES string of the molecule is CC(=O)Cc1ncccc1C. The first-order valence-corrected chi connectivity index (χ1v) is 3.60. The molecule has 1 aromatic rings. The summed E-state index contributed by atoms with van der Waals surface area (Å²) in [6.45, 7) is 3.54. The maximum Gasteiger partial charge on any atom is 0.135 e. The third-order valence-corrected chi connectivity index (χ3v) is 1.53. The van der Waals surface area contributed by atoms with Crippen LogP contribution in [-0.2, 0) is 11.2 Å². The molecular formula is C9H11NO. The first-order chi connectivity index (χ1) is 5.20. The molecule has 0 saturated heterocycles. The second-order valence-electron chi connectivity index (χ2n) is 2.65. The number of aryl methyl sites for hydroxylation is 1. The number of ketones is 1. The normalized spacial score (nSPS) is 9.64. The van der Waals surface area contributed by atoms with Gasteiger partial charge in [-0.2, -0.15) is 0 Å². The molecule has 2 nitrogen and oxygen atoms in total. The number of carbonyl (C=O) groups is 1. The first kappa shape index (κ1) is 7.92. The van der Waals surface area contributed by atoms with Gasteiger partial charge in [0.25, 0.3) is 0 Å². The number of rotatable bonds is 2. The quantitative estimate of drug-likeness (QED) is 0.638. The van der Waals surface area contributed by atoms with E-state index in [1.807, 2.05) is 19.1 Å². The predicted octanol–water partition coefficient (Wildman–Crippen LogP) is 1.52. The van der Waals surface area contributed by atoms with E-state index in [0.29, 0.717) is 6.42 Å². The highest BCUT2D eigenvalue weighted by Crippen LogP contribution is 2.03. The van der Waals surface area contributed by atoms with Crippen LogP contribution >= 0.6 is 0 Å². The minimum Gasteiger partial charge on any atom is -0.300 e. The summed E-state index contributed by atoms with van der Waals surface area (Å²) in [5.41, 5.74) is 1.97. The molecular weight excluding hydrogens is 138 g/mol. The third-order valence-electron chi connectivity index (χ3n) is 1.53. The number of aromatic nitrogens is 1. The van der Waals surface area contributed by atoms with Gasteiger partial charge in [0.15, 0.2) is 0 Å². The van der Waals surface area contributed by atoms with Crippen LogP contribution in [0.5, 0.6) is 0 Å². The smallest absolute Gasteiger partial charge is 0.135 e. The molecule has 0 bridgehead atoms. The van der Waals surface area contributed by atoms with Crippen molar-refractivity contribution in [2.75, 3.05) is 0 Å². The lowest BCUT2D eigenvalue weighted by atomic mass is 10.1. The minimum atomic E-state index is 0.159. The maximum atomic E-state index is 10.7. The first-order valence-electron chi connectivity index (χ1n) is 3.60. The molecule has 1 aromatic heterocycles. The van der Waals surface area contributed by atoms with Crippen molar-refractivity contribution >= 4 is 5.78 Å². The van der Waals surface area contributed by atoms with E-state index in [-0.39, 0.29) is 5.78 Å². The summed E-state index contributed by atoms with van der Waals surface area (Å²) in [4.78, 5) is 14.8. The number of hydrogen-bond donors (Lipinski definition) is 0. The fraction of sp³-hybridized carbons (Fsp3) is 0.333. The van der Waals surface area contributed by atoms with Crippen LogP contribution in [0, 0.1) is 6.92 Å². The van der Waals surface area contributed by atoms with E-state index in [0.717, 1.165) is 11.3 Å². The lowest BCUT2D eigenvalue weighted by Gasteiger charge is -1.99. The number of pyridine rings is 1. The monoisotopic (exact) mass is 149 g/mol. The van der Waals surface area contributed by atoms with Gasteiger partial charge in [-0.15, -0.1) is 0 Å². The number of carbonyl (C=O) groups excluding carboxylic acids is 1. The van der Waals surface area contributed by atoms with Gasteiger partial charge in [-0.3, -0.25) is 9.78 Å². The highest BCUT2D eigenvalue weighted by molar-refractivity contribution is 5.77. The summed E-state index contributed by atoms with van der Waals surface area (Å²) >= 11 is 0. The van der Waals surface area contributed by atoms with Gasteiger partial charge in [-0.1, -0.05) is 6.07 Å². The van der Waals surface area contributed by atoms with Crippen LogP contribution in [-0.4, -0.2) is 10.8 Å². The van der Waals surface area contributed by atoms with Crippen molar-refractivity contribution in [2.24, 2.45) is 0 Å². The van der Waals surface area contributed by atoms with Crippen molar-refractivity contribution in [3.05, 3.63) is 29.6 Å². The molecule has 0 spiro atoms. The summed E-state index contributed by atoms with van der Waals surface area (Å²) in [6.07, 6.45) is 2.16. The molecule has 0 aromatic carbocycles. The summed E-state index contributed by atoms with van der Waals surface area (Å²) in [5.74, 6) is 0.159. The maximum absolute atomic E-state index is 10.7. The van der Waals surface area contributed by atoms with Crippen molar-refractivity contribution < 1.29 is 4.79 Å². The van der Waals surface area contributed by atoms with Crippen LogP contribution in [0.3, 0.4) is 0 Å². The van der Waals surface area contributed by atoms with E-state index in [2.05, 4.69) is 4.98 Å². The molecule has 2 heteroatoms. The molecule has 11 heavy (non-hydrogen) atoms. The molecule has 0 fully saturated rings. The van der Waals surface area contributed by atoms with E-state index in [1.165, 1.54) is 0 Å². The van der Waals surface area contributed by atoms with Gasteiger partial charge in [0.2, 0.25) is 0 Å². The highest BCUT2D eigenvalue weighted by atomic mass is 16.1. The summed E-state index contributed by atoms with van der Waals surface area (Å²) in [5, 5.41) is 0. The Morgan fingerprint density at radius 3 is 2.91 bits per heavy atom. The molecule has 0 unspecified atom stereocenters. The van der Waals surface area contributed by atoms with Gasteiger partial charge in [0.05, 0.1) is 5.69 Å². The molecule has 0 aliphatic carbocycles. The standard InChI is InChI=1S/C9H11NO/c1-7-4-3-5-10-9(7)6-8(2)11/h3-5H,6H2,1-2H3. The Morgan fingerprint density at radius 2 is 2.36 bits per heavy atom. The summed E-state index contributed by atoms with van der Waals surface area (Å²) in [6, 6.07) is 3.84. The van der Waals surface area contributed by atoms with Crippen molar-refractivity contribution in [1.29, 1.82) is 0 Å². The molecule has 0 aliphatic rings. The Hall–Kier alpha value is -1.18. The predicted molar refractivity (Wildman–Crippen MR) is 43.4 cm³/mol. The van der Waals surface area contributed by atoms with Gasteiger partial charge in [-0.25, -0.2) is 0 Å². The van der Waals surface area contributed by atoms with Gasteiger partial charge < -0.3 is 0 Å². The molecule has 0 saturated carbocycles. The van der Waals surface area contributed by atoms with Crippen LogP contribution < -0.4 is 0 Å². The highest BCUT2D eigenvalue weighted by Gasteiger charge is 2.00. The molecule has 1 rings (SSSR count). The zero-order chi connectivity index (χ0) is 8.27. The third kappa shape index (κ3) is 2.15. The second-order valence-corrected chi connectivity index (χ2v) is 2.65. The number of Topliss-reactive ketones (excluding diaryl/α,β-unsaturated/α-hetero) is 1. The Labute approximate surface area is 66.3 Å². The van der Waals surface area contributed by atoms with Crippen LogP contribution in [0.4, 0.5) is 0 Å². The fourth-order valence-electron chi connectivity index (χ4n) is 0.939. The molecule has 0 N–H and O–H groups in total. The van der Waals surface area contributed by atoms with Crippen molar-refractivity contribution in [2.45, 2.75) is 20.3 Å². The molecule has 0 atom stereocenters. The van der Waals surface area contributed by atoms with E-state index >= 15 is 0 Å². The Morgan fingerprint density at radius 1 is 1.64 bits per heavy atom. The van der Waals surface area contributed by atoms with Gasteiger partial charge in [0.1, 0.15) is 5.78 Å². The van der Waals surface area contributed by atoms with E-state index < -0.39 is 0 Å². The molecule has 58 valence electrons. The lowest BCUT2D eigenvalue weighted by molar-refractivity contribution is -0.116. The second kappa shape index (κ2) is 3.28. The molecule has 1 heterocycles. The molecule has 0 radical (unpaired) electrons. The van der Waals surface area contributed by atoms with Crippen LogP contribution in [0.1, 0.15) is 18.2 Å². The minimum absolute atomic E-state index is 0.159. The average molecular weight is 149 g/mol. The zero-order valence-corrected chi connectivity index (χ0v) is 6.79. The van der Waals surface area contributed by atoms with Crippen LogP contribution in [0.25, 0.3) is 0 Å². The van der Waals surface area contributed by atoms with Crippen molar-refractivity contribution in [3.8, 4) is 0 Å². The number of hydrogen-bond acceptors (Lipinski definition) is 2. The summed E-state index contributed by atoms with van der Waals surface area (Å²) in [7, 11) is 0. The van der Waals surface area contributed by atoms with Gasteiger partial charge in [0, 0.05) is 12.6 Å². The Bertz CT molecular complexity index is 268. The Balaban J connectivity index is 2.86. The number of nitrogens with zero attached hydrogens (tertiary/aromatic N) is 1. The van der Waals surface area contributed by atoms with E-state index in [9.17, 15) is 4.79 Å². The van der Waals surface area contributed by atoms with Gasteiger partial charge in [-0.05, 0) is 25.5 Å².